The predicted molar refractivity (Wildman–Crippen MR) is 98.7 cm³/mol. The van der Waals surface area contributed by atoms with E-state index in [0.29, 0.717) is 0 Å². The first-order valence-electron chi connectivity index (χ1n) is 8.75. The van der Waals surface area contributed by atoms with Crippen molar-refractivity contribution in [3.63, 3.8) is 0 Å². The van der Waals surface area contributed by atoms with Crippen LogP contribution in [-0.4, -0.2) is 34.1 Å². The van der Waals surface area contributed by atoms with Gasteiger partial charge in [0.05, 0.1) is 5.69 Å². The molecule has 0 radical (unpaired) electrons. The summed E-state index contributed by atoms with van der Waals surface area (Å²) in [6.07, 6.45) is -1.86. The van der Waals surface area contributed by atoms with Gasteiger partial charge in [0.15, 0.2) is 11.5 Å². The molecule has 7 nitrogen and oxygen atoms in total. The molecule has 0 bridgehead atoms. The standard InChI is InChI=1S/C14H12F3NO4.C5H9NO/c15-14(16,17)22-9-4-5-11(19)8(6-9)7-18-10-2-1-3-12(20)13(10)21;7-5-3-1-2-4-6-5/h1-6,18-21H,7H2;1-4H2,(H,6,7). The summed E-state index contributed by atoms with van der Waals surface area (Å²) >= 11 is 0. The number of hydrogen-bond acceptors (Lipinski definition) is 6. The molecule has 1 amide bonds. The number of ether oxygens (including phenoxy) is 1. The molecule has 0 unspecified atom stereocenters. The fourth-order valence-corrected chi connectivity index (χ4v) is 2.49. The van der Waals surface area contributed by atoms with E-state index in [4.69, 9.17) is 0 Å². The smallest absolute Gasteiger partial charge is 0.508 e. The number of phenols is 3. The van der Waals surface area contributed by atoms with Gasteiger partial charge in [0.2, 0.25) is 5.91 Å². The minimum absolute atomic E-state index is 0.0854. The van der Waals surface area contributed by atoms with Crippen molar-refractivity contribution in [3.05, 3.63) is 42.0 Å². The molecule has 3 rings (SSSR count). The monoisotopic (exact) mass is 414 g/mol. The van der Waals surface area contributed by atoms with Crippen molar-refractivity contribution in [1.29, 1.82) is 0 Å². The SMILES string of the molecule is O=C1CCCCN1.Oc1ccc(OC(F)(F)F)cc1CNc1cccc(O)c1O. The van der Waals surface area contributed by atoms with Crippen molar-refractivity contribution in [3.8, 4) is 23.0 Å². The fourth-order valence-electron chi connectivity index (χ4n) is 2.49. The second-order valence-electron chi connectivity index (χ2n) is 6.17. The van der Waals surface area contributed by atoms with Gasteiger partial charge in [-0.3, -0.25) is 4.79 Å². The van der Waals surface area contributed by atoms with Crippen LogP contribution in [0.15, 0.2) is 36.4 Å². The third kappa shape index (κ3) is 7.32. The summed E-state index contributed by atoms with van der Waals surface area (Å²) in [5.41, 5.74) is 0.297. The number of benzene rings is 2. The number of aromatic hydroxyl groups is 3. The van der Waals surface area contributed by atoms with Gasteiger partial charge in [-0.15, -0.1) is 13.2 Å². The highest BCUT2D eigenvalue weighted by molar-refractivity contribution is 5.76. The first kappa shape index (κ1) is 22.0. The van der Waals surface area contributed by atoms with Crippen LogP contribution in [0.2, 0.25) is 0 Å². The first-order valence-corrected chi connectivity index (χ1v) is 8.75. The van der Waals surface area contributed by atoms with E-state index in [-0.39, 0.29) is 35.2 Å². The van der Waals surface area contributed by atoms with Gasteiger partial charge in [-0.2, -0.15) is 0 Å². The van der Waals surface area contributed by atoms with Gasteiger partial charge in [-0.1, -0.05) is 6.07 Å². The van der Waals surface area contributed by atoms with Crippen molar-refractivity contribution < 1.29 is 38.0 Å². The van der Waals surface area contributed by atoms with Gasteiger partial charge >= 0.3 is 6.36 Å². The highest BCUT2D eigenvalue weighted by Crippen LogP contribution is 2.34. The predicted octanol–water partition coefficient (Wildman–Crippen LogP) is 3.60. The number of carbonyl (C=O) groups is 1. The lowest BCUT2D eigenvalue weighted by molar-refractivity contribution is -0.274. The van der Waals surface area contributed by atoms with Crippen LogP contribution >= 0.6 is 0 Å². The van der Waals surface area contributed by atoms with Crippen LogP contribution in [0.25, 0.3) is 0 Å². The van der Waals surface area contributed by atoms with Gasteiger partial charge < -0.3 is 30.7 Å². The Bertz CT molecular complexity index is 835. The van der Waals surface area contributed by atoms with Crippen LogP contribution in [0.1, 0.15) is 24.8 Å². The molecular formula is C19H21F3N2O5. The maximum atomic E-state index is 12.2. The Balaban J connectivity index is 0.000000360. The van der Waals surface area contributed by atoms with Crippen LogP contribution in [0.4, 0.5) is 18.9 Å². The lowest BCUT2D eigenvalue weighted by Gasteiger charge is -2.13. The van der Waals surface area contributed by atoms with Crippen molar-refractivity contribution in [2.24, 2.45) is 0 Å². The van der Waals surface area contributed by atoms with Crippen molar-refractivity contribution in [2.45, 2.75) is 32.2 Å². The minimum Gasteiger partial charge on any atom is -0.508 e. The van der Waals surface area contributed by atoms with Crippen LogP contribution in [-0.2, 0) is 11.3 Å². The van der Waals surface area contributed by atoms with Gasteiger partial charge in [-0.25, -0.2) is 0 Å². The molecule has 29 heavy (non-hydrogen) atoms. The molecule has 0 spiro atoms. The van der Waals surface area contributed by atoms with Crippen molar-refractivity contribution in [2.75, 3.05) is 11.9 Å². The summed E-state index contributed by atoms with van der Waals surface area (Å²) < 4.78 is 40.2. The number of piperidine rings is 1. The summed E-state index contributed by atoms with van der Waals surface area (Å²) in [6.45, 7) is 0.802. The Morgan fingerprint density at radius 3 is 2.41 bits per heavy atom. The quantitative estimate of drug-likeness (QED) is 0.489. The number of halogens is 3. The molecule has 158 valence electrons. The van der Waals surface area contributed by atoms with Gasteiger partial charge in [-0.05, 0) is 43.2 Å². The zero-order chi connectivity index (χ0) is 21.4. The average molecular weight is 414 g/mol. The third-order valence-electron chi connectivity index (χ3n) is 3.92. The van der Waals surface area contributed by atoms with Crippen LogP contribution in [0.5, 0.6) is 23.0 Å². The summed E-state index contributed by atoms with van der Waals surface area (Å²) in [5.74, 6) is -1.23. The molecule has 5 N–H and O–H groups in total. The molecule has 2 aromatic rings. The molecule has 1 heterocycles. The Morgan fingerprint density at radius 2 is 1.83 bits per heavy atom. The van der Waals surface area contributed by atoms with E-state index >= 15 is 0 Å². The average Bonchev–Trinajstić information content (AvgIpc) is 2.65. The van der Waals surface area contributed by atoms with E-state index in [1.54, 1.807) is 0 Å². The molecule has 10 heteroatoms. The zero-order valence-electron chi connectivity index (χ0n) is 15.3. The summed E-state index contributed by atoms with van der Waals surface area (Å²) in [7, 11) is 0. The van der Waals surface area contributed by atoms with Crippen molar-refractivity contribution in [1.82, 2.24) is 5.32 Å². The van der Waals surface area contributed by atoms with Gasteiger partial charge in [0, 0.05) is 25.1 Å². The molecule has 1 saturated heterocycles. The van der Waals surface area contributed by atoms with E-state index in [9.17, 15) is 33.3 Å². The number of alkyl halides is 3. The zero-order valence-corrected chi connectivity index (χ0v) is 15.3. The third-order valence-corrected chi connectivity index (χ3v) is 3.92. The molecule has 0 aromatic heterocycles. The number of rotatable bonds is 4. The Hall–Kier alpha value is -3.30. The fraction of sp³-hybridized carbons (Fsp3) is 0.316. The van der Waals surface area contributed by atoms with E-state index in [1.165, 1.54) is 18.2 Å². The normalized spacial score (nSPS) is 13.7. The highest BCUT2D eigenvalue weighted by atomic mass is 19.4. The van der Waals surface area contributed by atoms with Crippen LogP contribution in [0, 0.1) is 0 Å². The number of para-hydroxylation sites is 1. The number of hydrogen-bond donors (Lipinski definition) is 5. The molecule has 0 aliphatic carbocycles. The maximum absolute atomic E-state index is 12.2. The number of nitrogens with one attached hydrogen (secondary N) is 2. The Labute approximate surface area is 164 Å². The highest BCUT2D eigenvalue weighted by Gasteiger charge is 2.31. The molecular weight excluding hydrogens is 393 g/mol. The van der Waals surface area contributed by atoms with Crippen molar-refractivity contribution >= 4 is 11.6 Å². The first-order chi connectivity index (χ1) is 13.7. The molecule has 1 aliphatic rings. The lowest BCUT2D eigenvalue weighted by atomic mass is 10.1. The molecule has 1 fully saturated rings. The van der Waals surface area contributed by atoms with Gasteiger partial charge in [0.1, 0.15) is 11.5 Å². The summed E-state index contributed by atoms with van der Waals surface area (Å²) in [6, 6.07) is 7.28. The van der Waals surface area contributed by atoms with E-state index < -0.39 is 17.9 Å². The second-order valence-corrected chi connectivity index (χ2v) is 6.17. The number of phenolic OH excluding ortho intramolecular Hbond substituents is 3. The Morgan fingerprint density at radius 1 is 1.07 bits per heavy atom. The number of amides is 1. The lowest BCUT2D eigenvalue weighted by Crippen LogP contribution is -2.28. The second kappa shape index (κ2) is 9.76. The van der Waals surface area contributed by atoms with E-state index in [0.717, 1.165) is 44.0 Å². The summed E-state index contributed by atoms with van der Waals surface area (Å²) in [5, 5.41) is 34.0. The maximum Gasteiger partial charge on any atom is 0.573 e. The van der Waals surface area contributed by atoms with Crippen LogP contribution < -0.4 is 15.4 Å². The molecule has 0 saturated carbocycles. The van der Waals surface area contributed by atoms with E-state index in [1.807, 2.05) is 0 Å². The van der Waals surface area contributed by atoms with Crippen LogP contribution in [0.3, 0.4) is 0 Å². The molecule has 0 atom stereocenters. The molecule has 2 aromatic carbocycles. The minimum atomic E-state index is -4.83. The summed E-state index contributed by atoms with van der Waals surface area (Å²) in [4.78, 5) is 10.4. The van der Waals surface area contributed by atoms with E-state index in [2.05, 4.69) is 15.4 Å². The van der Waals surface area contributed by atoms with Gasteiger partial charge in [0.25, 0.3) is 0 Å². The largest absolute Gasteiger partial charge is 0.573 e. The topological polar surface area (TPSA) is 111 Å². The Kier molecular flexibility index (Phi) is 7.40. The number of anilines is 1. The number of carbonyl (C=O) groups excluding carboxylic acids is 1. The molecule has 1 aliphatic heterocycles.